The van der Waals surface area contributed by atoms with Gasteiger partial charge in [-0.25, -0.2) is 4.98 Å². The summed E-state index contributed by atoms with van der Waals surface area (Å²) in [7, 11) is 1.80. The molecule has 0 radical (unpaired) electrons. The van der Waals surface area contributed by atoms with Gasteiger partial charge in [-0.3, -0.25) is 4.99 Å². The quantitative estimate of drug-likeness (QED) is 0.300. The zero-order valence-corrected chi connectivity index (χ0v) is 18.7. The first kappa shape index (κ1) is 21.9. The number of aliphatic imine (C=N–C) groups is 1. The summed E-state index contributed by atoms with van der Waals surface area (Å²) in [5.41, 5.74) is 3.81. The van der Waals surface area contributed by atoms with Gasteiger partial charge in [-0.05, 0) is 22.6 Å². The minimum absolute atomic E-state index is 0. The standard InChI is InChI=1S/C22H27N5.HI/c1-18(21-6-4-3-5-7-21)14-25-22(23-2)26-15-19-8-10-20(11-9-19)16-27-13-12-24-17-27;/h3-13,17-18H,14-16H2,1-2H3,(H2,23,25,26);1H. The van der Waals surface area contributed by atoms with Gasteiger partial charge in [-0.15, -0.1) is 24.0 Å². The number of aromatic nitrogens is 2. The first-order chi connectivity index (χ1) is 13.2. The summed E-state index contributed by atoms with van der Waals surface area (Å²) in [5.74, 6) is 1.24. The van der Waals surface area contributed by atoms with Crippen LogP contribution in [0.3, 0.4) is 0 Å². The van der Waals surface area contributed by atoms with Crippen LogP contribution >= 0.6 is 24.0 Å². The van der Waals surface area contributed by atoms with Crippen molar-refractivity contribution in [3.05, 3.63) is 90.0 Å². The van der Waals surface area contributed by atoms with Gasteiger partial charge in [0, 0.05) is 39.1 Å². The van der Waals surface area contributed by atoms with E-state index in [1.165, 1.54) is 16.7 Å². The second-order valence-corrected chi connectivity index (χ2v) is 6.67. The lowest BCUT2D eigenvalue weighted by Crippen LogP contribution is -2.38. The zero-order chi connectivity index (χ0) is 18.9. The number of halogens is 1. The van der Waals surface area contributed by atoms with Gasteiger partial charge in [0.1, 0.15) is 0 Å². The van der Waals surface area contributed by atoms with Crippen molar-refractivity contribution in [1.82, 2.24) is 20.2 Å². The molecule has 6 heteroatoms. The van der Waals surface area contributed by atoms with Crippen LogP contribution in [0, 0.1) is 0 Å². The zero-order valence-electron chi connectivity index (χ0n) is 16.4. The van der Waals surface area contributed by atoms with E-state index in [0.717, 1.165) is 25.6 Å². The van der Waals surface area contributed by atoms with Crippen molar-refractivity contribution in [1.29, 1.82) is 0 Å². The van der Waals surface area contributed by atoms with E-state index in [1.807, 2.05) is 18.6 Å². The van der Waals surface area contributed by atoms with Crippen LogP contribution in [0.25, 0.3) is 0 Å². The number of hydrogen-bond donors (Lipinski definition) is 2. The third-order valence-corrected chi connectivity index (χ3v) is 4.58. The summed E-state index contributed by atoms with van der Waals surface area (Å²) in [6.07, 6.45) is 5.61. The molecule has 1 atom stereocenters. The lowest BCUT2D eigenvalue weighted by Gasteiger charge is -2.16. The Hall–Kier alpha value is -2.35. The molecule has 28 heavy (non-hydrogen) atoms. The van der Waals surface area contributed by atoms with Crippen molar-refractivity contribution in [2.75, 3.05) is 13.6 Å². The Morgan fingerprint density at radius 2 is 1.75 bits per heavy atom. The van der Waals surface area contributed by atoms with Crippen molar-refractivity contribution in [2.45, 2.75) is 25.9 Å². The fourth-order valence-corrected chi connectivity index (χ4v) is 2.91. The van der Waals surface area contributed by atoms with Crippen LogP contribution < -0.4 is 10.6 Å². The number of nitrogens with one attached hydrogen (secondary N) is 2. The lowest BCUT2D eigenvalue weighted by atomic mass is 10.0. The summed E-state index contributed by atoms with van der Waals surface area (Å²) in [6, 6.07) is 19.1. The highest BCUT2D eigenvalue weighted by Gasteiger charge is 2.06. The summed E-state index contributed by atoms with van der Waals surface area (Å²) in [5, 5.41) is 6.79. The lowest BCUT2D eigenvalue weighted by molar-refractivity contribution is 0.699. The summed E-state index contributed by atoms with van der Waals surface area (Å²) < 4.78 is 2.06. The molecular formula is C22H28IN5. The summed E-state index contributed by atoms with van der Waals surface area (Å²) in [6.45, 7) is 4.64. The van der Waals surface area contributed by atoms with E-state index < -0.39 is 0 Å². The van der Waals surface area contributed by atoms with E-state index in [1.54, 1.807) is 13.2 Å². The van der Waals surface area contributed by atoms with Crippen molar-refractivity contribution in [3.63, 3.8) is 0 Å². The van der Waals surface area contributed by atoms with E-state index in [0.29, 0.717) is 5.92 Å². The number of guanidine groups is 1. The Labute approximate surface area is 184 Å². The Morgan fingerprint density at radius 3 is 2.39 bits per heavy atom. The van der Waals surface area contributed by atoms with E-state index in [9.17, 15) is 0 Å². The maximum absolute atomic E-state index is 4.32. The number of hydrogen-bond acceptors (Lipinski definition) is 2. The predicted molar refractivity (Wildman–Crippen MR) is 126 cm³/mol. The number of imidazole rings is 1. The van der Waals surface area contributed by atoms with Crippen LogP contribution in [-0.4, -0.2) is 29.1 Å². The van der Waals surface area contributed by atoms with Gasteiger partial charge in [0.25, 0.3) is 0 Å². The van der Waals surface area contributed by atoms with Crippen LogP contribution in [0.2, 0.25) is 0 Å². The van der Waals surface area contributed by atoms with E-state index in [-0.39, 0.29) is 24.0 Å². The Bertz CT molecular complexity index is 829. The van der Waals surface area contributed by atoms with Crippen molar-refractivity contribution >= 4 is 29.9 Å². The van der Waals surface area contributed by atoms with Crippen LogP contribution in [0.1, 0.15) is 29.5 Å². The Morgan fingerprint density at radius 1 is 1.04 bits per heavy atom. The predicted octanol–water partition coefficient (Wildman–Crippen LogP) is 4.02. The molecule has 1 aromatic heterocycles. The molecule has 0 aliphatic heterocycles. The molecule has 0 aliphatic carbocycles. The van der Waals surface area contributed by atoms with Gasteiger partial charge in [-0.2, -0.15) is 0 Å². The van der Waals surface area contributed by atoms with Crippen LogP contribution in [0.5, 0.6) is 0 Å². The minimum atomic E-state index is 0. The van der Waals surface area contributed by atoms with Gasteiger partial charge in [-0.1, -0.05) is 61.5 Å². The highest BCUT2D eigenvalue weighted by molar-refractivity contribution is 14.0. The second-order valence-electron chi connectivity index (χ2n) is 6.67. The van der Waals surface area contributed by atoms with Gasteiger partial charge in [0.05, 0.1) is 6.33 Å². The third kappa shape index (κ3) is 6.67. The fraction of sp³-hybridized carbons (Fsp3) is 0.273. The maximum Gasteiger partial charge on any atom is 0.191 e. The molecule has 0 spiro atoms. The van der Waals surface area contributed by atoms with Crippen LogP contribution in [-0.2, 0) is 13.1 Å². The average molecular weight is 489 g/mol. The molecule has 1 unspecified atom stereocenters. The van der Waals surface area contributed by atoms with Gasteiger partial charge in [0.2, 0.25) is 0 Å². The molecule has 2 aromatic carbocycles. The summed E-state index contributed by atoms with van der Waals surface area (Å²) in [4.78, 5) is 8.40. The molecule has 148 valence electrons. The number of benzene rings is 2. The highest BCUT2D eigenvalue weighted by atomic mass is 127. The van der Waals surface area contributed by atoms with E-state index in [4.69, 9.17) is 0 Å². The molecule has 0 amide bonds. The summed E-state index contributed by atoms with van der Waals surface area (Å²) >= 11 is 0. The largest absolute Gasteiger partial charge is 0.356 e. The second kappa shape index (κ2) is 11.5. The smallest absolute Gasteiger partial charge is 0.191 e. The monoisotopic (exact) mass is 489 g/mol. The molecule has 0 aliphatic rings. The number of nitrogens with zero attached hydrogens (tertiary/aromatic N) is 3. The van der Waals surface area contributed by atoms with Gasteiger partial charge in [0.15, 0.2) is 5.96 Å². The fourth-order valence-electron chi connectivity index (χ4n) is 2.91. The molecule has 0 saturated carbocycles. The first-order valence-electron chi connectivity index (χ1n) is 9.27. The normalized spacial score (nSPS) is 12.1. The van der Waals surface area contributed by atoms with Crippen molar-refractivity contribution in [3.8, 4) is 0 Å². The van der Waals surface area contributed by atoms with E-state index >= 15 is 0 Å². The van der Waals surface area contributed by atoms with E-state index in [2.05, 4.69) is 80.6 Å². The molecule has 2 N–H and O–H groups in total. The molecule has 0 fully saturated rings. The molecule has 0 saturated heterocycles. The SMILES string of the molecule is CN=C(NCc1ccc(Cn2ccnc2)cc1)NCC(C)c1ccccc1.I. The topological polar surface area (TPSA) is 54.2 Å². The maximum atomic E-state index is 4.32. The molecule has 0 bridgehead atoms. The minimum Gasteiger partial charge on any atom is -0.356 e. The molecule has 5 nitrogen and oxygen atoms in total. The molecular weight excluding hydrogens is 461 g/mol. The molecule has 3 rings (SSSR count). The Balaban J connectivity index is 0.00000280. The van der Waals surface area contributed by atoms with Crippen molar-refractivity contribution in [2.24, 2.45) is 4.99 Å². The first-order valence-corrected chi connectivity index (χ1v) is 9.27. The van der Waals surface area contributed by atoms with Gasteiger partial charge >= 0.3 is 0 Å². The molecule has 3 aromatic rings. The highest BCUT2D eigenvalue weighted by Crippen LogP contribution is 2.13. The number of rotatable bonds is 7. The third-order valence-electron chi connectivity index (χ3n) is 4.58. The Kier molecular flexibility index (Phi) is 9.00. The molecule has 1 heterocycles. The van der Waals surface area contributed by atoms with Crippen LogP contribution in [0.4, 0.5) is 0 Å². The van der Waals surface area contributed by atoms with Gasteiger partial charge < -0.3 is 15.2 Å². The van der Waals surface area contributed by atoms with Crippen LogP contribution in [0.15, 0.2) is 78.3 Å². The average Bonchev–Trinajstić information content (AvgIpc) is 3.23. The van der Waals surface area contributed by atoms with Crippen molar-refractivity contribution < 1.29 is 0 Å².